The third-order valence-corrected chi connectivity index (χ3v) is 7.54. The minimum atomic E-state index is -0.0168. The number of ether oxygens (including phenoxy) is 2. The van der Waals surface area contributed by atoms with E-state index >= 15 is 0 Å². The molecule has 4 aromatic carbocycles. The van der Waals surface area contributed by atoms with Crippen LogP contribution >= 0.6 is 0 Å². The Balaban J connectivity index is 1.41. The fourth-order valence-corrected chi connectivity index (χ4v) is 5.43. The molecule has 4 nitrogen and oxygen atoms in total. The van der Waals surface area contributed by atoms with Crippen LogP contribution in [0.25, 0.3) is 0 Å². The molecule has 0 atom stereocenters. The molecule has 0 saturated heterocycles. The topological polar surface area (TPSA) is 70.5 Å². The van der Waals surface area contributed by atoms with E-state index < -0.39 is 0 Å². The Hall–Kier alpha value is -3.92. The third kappa shape index (κ3) is 5.18. The van der Waals surface area contributed by atoms with Crippen molar-refractivity contribution < 1.29 is 9.47 Å². The van der Waals surface area contributed by atoms with Gasteiger partial charge in [-0.05, 0) is 91.3 Å². The highest BCUT2D eigenvalue weighted by molar-refractivity contribution is 5.48. The van der Waals surface area contributed by atoms with Crippen LogP contribution in [0.1, 0.15) is 50.2 Å². The van der Waals surface area contributed by atoms with Crippen LogP contribution < -0.4 is 20.9 Å². The van der Waals surface area contributed by atoms with Gasteiger partial charge in [0.2, 0.25) is 0 Å². The second-order valence-electron chi connectivity index (χ2n) is 9.83. The van der Waals surface area contributed by atoms with Crippen LogP contribution in [0.2, 0.25) is 0 Å². The zero-order valence-corrected chi connectivity index (χ0v) is 20.8. The van der Waals surface area contributed by atoms with Crippen molar-refractivity contribution in [1.82, 2.24) is 0 Å². The molecule has 184 valence electrons. The molecule has 1 saturated carbocycles. The normalized spacial score (nSPS) is 15.4. The molecule has 1 fully saturated rings. The van der Waals surface area contributed by atoms with Gasteiger partial charge in [-0.15, -0.1) is 0 Å². The number of anilines is 2. The lowest BCUT2D eigenvalue weighted by Crippen LogP contribution is -2.33. The van der Waals surface area contributed by atoms with Gasteiger partial charge in [0.05, 0.1) is 0 Å². The van der Waals surface area contributed by atoms with E-state index in [1.54, 1.807) is 0 Å². The zero-order chi connectivity index (χ0) is 25.0. The number of hydrogen-bond acceptors (Lipinski definition) is 4. The second-order valence-corrected chi connectivity index (χ2v) is 9.83. The van der Waals surface area contributed by atoms with Gasteiger partial charge in [-0.1, -0.05) is 49.7 Å². The van der Waals surface area contributed by atoms with E-state index in [0.29, 0.717) is 11.4 Å². The van der Waals surface area contributed by atoms with Crippen molar-refractivity contribution in [1.29, 1.82) is 0 Å². The minimum Gasteiger partial charge on any atom is -0.457 e. The van der Waals surface area contributed by atoms with Gasteiger partial charge in [0.25, 0.3) is 0 Å². The predicted molar refractivity (Wildman–Crippen MR) is 148 cm³/mol. The van der Waals surface area contributed by atoms with E-state index in [4.69, 9.17) is 20.9 Å². The molecule has 1 aliphatic rings. The molecule has 0 unspecified atom stereocenters. The highest BCUT2D eigenvalue weighted by Gasteiger charge is 2.38. The number of benzene rings is 4. The molecule has 1 aliphatic carbocycles. The van der Waals surface area contributed by atoms with Crippen LogP contribution in [0.3, 0.4) is 0 Å². The van der Waals surface area contributed by atoms with Crippen molar-refractivity contribution in [3.8, 4) is 23.0 Å². The van der Waals surface area contributed by atoms with E-state index in [1.165, 1.54) is 30.4 Å². The van der Waals surface area contributed by atoms with Gasteiger partial charge in [0, 0.05) is 28.9 Å². The van der Waals surface area contributed by atoms with E-state index in [1.807, 2.05) is 48.5 Å². The minimum absolute atomic E-state index is 0.0168. The largest absolute Gasteiger partial charge is 0.457 e. The first-order valence-electron chi connectivity index (χ1n) is 12.8. The number of hydrogen-bond donors (Lipinski definition) is 2. The lowest BCUT2D eigenvalue weighted by Gasteiger charge is -2.41. The van der Waals surface area contributed by atoms with Gasteiger partial charge in [-0.25, -0.2) is 0 Å². The molecule has 0 radical (unpaired) electrons. The summed E-state index contributed by atoms with van der Waals surface area (Å²) in [5.41, 5.74) is 15.8. The molecule has 0 aliphatic heterocycles. The van der Waals surface area contributed by atoms with E-state index in [-0.39, 0.29) is 5.41 Å². The molecule has 0 heterocycles. The van der Waals surface area contributed by atoms with Crippen LogP contribution in [0, 0.1) is 5.92 Å². The molecule has 0 amide bonds. The summed E-state index contributed by atoms with van der Waals surface area (Å²) in [6.45, 7) is 2.31. The lowest BCUT2D eigenvalue weighted by molar-refractivity contribution is 0.260. The van der Waals surface area contributed by atoms with Crippen molar-refractivity contribution in [2.24, 2.45) is 5.92 Å². The quantitative estimate of drug-likeness (QED) is 0.262. The van der Waals surface area contributed by atoms with Crippen LogP contribution in [0.5, 0.6) is 23.0 Å². The molecule has 0 spiro atoms. The molecular formula is C32H34N2O2. The van der Waals surface area contributed by atoms with Crippen molar-refractivity contribution in [3.05, 3.63) is 108 Å². The Bertz CT molecular complexity index is 1200. The molecule has 36 heavy (non-hydrogen) atoms. The van der Waals surface area contributed by atoms with Crippen molar-refractivity contribution in [2.45, 2.75) is 44.4 Å². The van der Waals surface area contributed by atoms with Crippen LogP contribution in [0.4, 0.5) is 11.4 Å². The molecule has 4 heteroatoms. The summed E-state index contributed by atoms with van der Waals surface area (Å²) in [6.07, 6.45) is 5.99. The fraction of sp³-hybridized carbons (Fsp3) is 0.250. The summed E-state index contributed by atoms with van der Waals surface area (Å²) in [5, 5.41) is 0. The highest BCUT2D eigenvalue weighted by Crippen LogP contribution is 2.48. The maximum atomic E-state index is 6.05. The van der Waals surface area contributed by atoms with Crippen molar-refractivity contribution in [2.75, 3.05) is 11.5 Å². The molecule has 4 aromatic rings. The van der Waals surface area contributed by atoms with Gasteiger partial charge >= 0.3 is 0 Å². The zero-order valence-electron chi connectivity index (χ0n) is 20.8. The summed E-state index contributed by atoms with van der Waals surface area (Å²) in [4.78, 5) is 0. The Kier molecular flexibility index (Phi) is 6.86. The smallest absolute Gasteiger partial charge is 0.129 e. The SMILES string of the molecule is CCC1CCC(c2ccc(Oc3cccc(N)c3)cc2)(c2ccc(Oc3cccc(N)c3)cc2)CC1. The number of rotatable bonds is 7. The Morgan fingerprint density at radius 2 is 1.08 bits per heavy atom. The third-order valence-electron chi connectivity index (χ3n) is 7.54. The van der Waals surface area contributed by atoms with E-state index in [9.17, 15) is 0 Å². The maximum Gasteiger partial charge on any atom is 0.129 e. The summed E-state index contributed by atoms with van der Waals surface area (Å²) in [5.74, 6) is 3.92. The molecule has 5 rings (SSSR count). The maximum absolute atomic E-state index is 6.05. The standard InChI is InChI=1S/C32H34N2O2/c1-2-23-17-19-32(20-18-23,24-9-13-28(14-10-24)35-30-7-3-5-26(33)21-30)25-11-15-29(16-12-25)36-31-8-4-6-27(34)22-31/h3-16,21-23H,2,17-20,33-34H2,1H3. The van der Waals surface area contributed by atoms with Crippen LogP contribution in [-0.4, -0.2) is 0 Å². The van der Waals surface area contributed by atoms with Gasteiger partial charge in [-0.2, -0.15) is 0 Å². The molecule has 0 aromatic heterocycles. The molecule has 4 N–H and O–H groups in total. The van der Waals surface area contributed by atoms with E-state index in [0.717, 1.165) is 41.8 Å². The Labute approximate surface area is 213 Å². The fourth-order valence-electron chi connectivity index (χ4n) is 5.43. The average molecular weight is 479 g/mol. The molecule has 0 bridgehead atoms. The van der Waals surface area contributed by atoms with Gasteiger partial charge in [-0.3, -0.25) is 0 Å². The van der Waals surface area contributed by atoms with Gasteiger partial charge < -0.3 is 20.9 Å². The Morgan fingerprint density at radius 3 is 1.47 bits per heavy atom. The summed E-state index contributed by atoms with van der Waals surface area (Å²) < 4.78 is 12.1. The average Bonchev–Trinajstić information content (AvgIpc) is 2.90. The van der Waals surface area contributed by atoms with Gasteiger partial charge in [0.1, 0.15) is 23.0 Å². The van der Waals surface area contributed by atoms with Crippen molar-refractivity contribution >= 4 is 11.4 Å². The molecular weight excluding hydrogens is 444 g/mol. The second kappa shape index (κ2) is 10.4. The first-order valence-corrected chi connectivity index (χ1v) is 12.8. The summed E-state index contributed by atoms with van der Waals surface area (Å²) in [7, 11) is 0. The predicted octanol–water partition coefficient (Wildman–Crippen LogP) is 8.32. The van der Waals surface area contributed by atoms with Crippen molar-refractivity contribution in [3.63, 3.8) is 0 Å². The Morgan fingerprint density at radius 1 is 0.639 bits per heavy atom. The number of nitrogen functional groups attached to an aromatic ring is 2. The first-order chi connectivity index (χ1) is 17.5. The monoisotopic (exact) mass is 478 g/mol. The van der Waals surface area contributed by atoms with Crippen LogP contribution in [0.15, 0.2) is 97.1 Å². The summed E-state index contributed by atoms with van der Waals surface area (Å²) >= 11 is 0. The highest BCUT2D eigenvalue weighted by atomic mass is 16.5. The number of nitrogens with two attached hydrogens (primary N) is 2. The van der Waals surface area contributed by atoms with Crippen LogP contribution in [-0.2, 0) is 5.41 Å². The first kappa shape index (κ1) is 23.8. The summed E-state index contributed by atoms with van der Waals surface area (Å²) in [6, 6.07) is 32.3. The lowest BCUT2D eigenvalue weighted by atomic mass is 9.63. The van der Waals surface area contributed by atoms with E-state index in [2.05, 4.69) is 55.5 Å². The van der Waals surface area contributed by atoms with Gasteiger partial charge in [0.15, 0.2) is 0 Å².